The maximum absolute atomic E-state index is 11.6. The number of carboxylic acids is 1. The van der Waals surface area contributed by atoms with Crippen LogP contribution < -0.4 is 16.0 Å². The predicted molar refractivity (Wildman–Crippen MR) is 93.2 cm³/mol. The lowest BCUT2D eigenvalue weighted by atomic mass is 10.1. The Labute approximate surface area is 153 Å². The smallest absolute Gasteiger partial charge is 0.305 e. The van der Waals surface area contributed by atoms with Gasteiger partial charge in [0.25, 0.3) is 0 Å². The van der Waals surface area contributed by atoms with Crippen LogP contribution in [-0.2, 0) is 14.4 Å². The number of hydrogen-bond donors (Lipinski definition) is 7. The Balaban J connectivity index is 3.68. The molecule has 0 aromatic heterocycles. The Morgan fingerprint density at radius 1 is 0.923 bits per heavy atom. The van der Waals surface area contributed by atoms with Crippen LogP contribution in [0.2, 0.25) is 0 Å². The molecule has 2 amide bonds. The third kappa shape index (κ3) is 12.6. The summed E-state index contributed by atoms with van der Waals surface area (Å²) in [6, 6.07) is 0. The van der Waals surface area contributed by atoms with Gasteiger partial charge in [0.1, 0.15) is 6.10 Å². The van der Waals surface area contributed by atoms with Crippen molar-refractivity contribution in [2.24, 2.45) is 5.92 Å². The highest BCUT2D eigenvalue weighted by Crippen LogP contribution is 2.02. The van der Waals surface area contributed by atoms with Crippen LogP contribution in [0.15, 0.2) is 0 Å². The van der Waals surface area contributed by atoms with Crippen LogP contribution in [0.25, 0.3) is 0 Å². The van der Waals surface area contributed by atoms with Crippen LogP contribution in [0, 0.1) is 5.92 Å². The molecule has 0 fully saturated rings. The minimum atomic E-state index is -1.13. The van der Waals surface area contributed by atoms with Gasteiger partial charge in [-0.15, -0.1) is 0 Å². The van der Waals surface area contributed by atoms with Crippen molar-refractivity contribution in [3.63, 3.8) is 0 Å². The van der Waals surface area contributed by atoms with Gasteiger partial charge in [0.2, 0.25) is 11.8 Å². The minimum absolute atomic E-state index is 0.0480. The maximum atomic E-state index is 11.6. The SMILES string of the molecule is CC(C)[C@@H](O)C(=O)NCCC(=O)NCCNCC(O)CC(O)CC(=O)O. The molecule has 2 unspecified atom stereocenters. The third-order valence-corrected chi connectivity index (χ3v) is 3.51. The van der Waals surface area contributed by atoms with Crippen LogP contribution in [0.1, 0.15) is 33.1 Å². The second-order valence-corrected chi connectivity index (χ2v) is 6.43. The normalized spacial score (nSPS) is 14.5. The largest absolute Gasteiger partial charge is 0.481 e. The highest BCUT2D eigenvalue weighted by molar-refractivity contribution is 5.82. The number of aliphatic hydroxyl groups excluding tert-OH is 3. The fraction of sp³-hybridized carbons (Fsp3) is 0.812. The van der Waals surface area contributed by atoms with Gasteiger partial charge in [0.05, 0.1) is 18.6 Å². The molecule has 0 spiro atoms. The van der Waals surface area contributed by atoms with Gasteiger partial charge in [-0.25, -0.2) is 0 Å². The molecule has 0 bridgehead atoms. The molecule has 3 atom stereocenters. The molecule has 26 heavy (non-hydrogen) atoms. The number of aliphatic carboxylic acids is 1. The second-order valence-electron chi connectivity index (χ2n) is 6.43. The van der Waals surface area contributed by atoms with Crippen molar-refractivity contribution in [1.29, 1.82) is 0 Å². The lowest BCUT2D eigenvalue weighted by Crippen LogP contribution is -2.40. The van der Waals surface area contributed by atoms with Gasteiger partial charge >= 0.3 is 5.97 Å². The number of aliphatic hydroxyl groups is 3. The molecule has 0 saturated heterocycles. The standard InChI is InChI=1S/C16H31N3O7/c1-10(2)15(25)16(26)19-4-3-13(22)18-6-5-17-9-12(21)7-11(20)8-14(23)24/h10-12,15,17,20-21,25H,3-9H2,1-2H3,(H,18,22)(H,19,26)(H,23,24)/t11?,12?,15-/m1/s1. The van der Waals surface area contributed by atoms with Gasteiger partial charge in [-0.3, -0.25) is 14.4 Å². The van der Waals surface area contributed by atoms with Crippen LogP contribution in [0.4, 0.5) is 0 Å². The number of carbonyl (C=O) groups is 3. The summed E-state index contributed by atoms with van der Waals surface area (Å²) >= 11 is 0. The lowest BCUT2D eigenvalue weighted by molar-refractivity contribution is -0.139. The molecule has 0 rings (SSSR count). The van der Waals surface area contributed by atoms with E-state index in [0.29, 0.717) is 13.1 Å². The van der Waals surface area contributed by atoms with Crippen molar-refractivity contribution in [2.45, 2.75) is 51.4 Å². The van der Waals surface area contributed by atoms with Crippen molar-refractivity contribution < 1.29 is 34.8 Å². The second kappa shape index (κ2) is 13.5. The van der Waals surface area contributed by atoms with E-state index in [1.54, 1.807) is 13.8 Å². The summed E-state index contributed by atoms with van der Waals surface area (Å²) in [6.07, 6.45) is -3.47. The molecule has 0 heterocycles. The molecule has 0 aliphatic rings. The van der Waals surface area contributed by atoms with Gasteiger partial charge in [0.15, 0.2) is 0 Å². The van der Waals surface area contributed by atoms with Crippen LogP contribution >= 0.6 is 0 Å². The molecule has 0 aromatic carbocycles. The molecule has 10 heteroatoms. The number of carboxylic acid groups (broad SMARTS) is 1. The summed E-state index contributed by atoms with van der Waals surface area (Å²) in [6.45, 7) is 4.42. The average Bonchev–Trinajstić information content (AvgIpc) is 2.52. The number of carbonyl (C=O) groups excluding carboxylic acids is 2. The van der Waals surface area contributed by atoms with Crippen LogP contribution in [-0.4, -0.2) is 82.7 Å². The number of hydrogen-bond acceptors (Lipinski definition) is 7. The number of nitrogens with one attached hydrogen (secondary N) is 3. The average molecular weight is 377 g/mol. The quantitative estimate of drug-likeness (QED) is 0.167. The Morgan fingerprint density at radius 3 is 2.15 bits per heavy atom. The van der Waals surface area contributed by atoms with E-state index in [2.05, 4.69) is 16.0 Å². The molecular formula is C16H31N3O7. The number of rotatable bonds is 14. The highest BCUT2D eigenvalue weighted by atomic mass is 16.4. The third-order valence-electron chi connectivity index (χ3n) is 3.51. The molecule has 152 valence electrons. The first-order valence-electron chi connectivity index (χ1n) is 8.64. The lowest BCUT2D eigenvalue weighted by Gasteiger charge is -2.15. The fourth-order valence-electron chi connectivity index (χ4n) is 2.04. The van der Waals surface area contributed by atoms with E-state index in [-0.39, 0.29) is 37.8 Å². The molecular weight excluding hydrogens is 346 g/mol. The van der Waals surface area contributed by atoms with E-state index < -0.39 is 36.6 Å². The summed E-state index contributed by atoms with van der Waals surface area (Å²) < 4.78 is 0. The Bertz CT molecular complexity index is 446. The molecule has 0 aliphatic heterocycles. The van der Waals surface area contributed by atoms with Crippen molar-refractivity contribution in [2.75, 3.05) is 26.2 Å². The van der Waals surface area contributed by atoms with Crippen molar-refractivity contribution in [3.05, 3.63) is 0 Å². The van der Waals surface area contributed by atoms with Crippen molar-refractivity contribution >= 4 is 17.8 Å². The van der Waals surface area contributed by atoms with E-state index in [0.717, 1.165) is 0 Å². The van der Waals surface area contributed by atoms with Crippen LogP contribution in [0.5, 0.6) is 0 Å². The minimum Gasteiger partial charge on any atom is -0.481 e. The van der Waals surface area contributed by atoms with Gasteiger partial charge in [-0.2, -0.15) is 0 Å². The molecule has 0 saturated carbocycles. The zero-order valence-corrected chi connectivity index (χ0v) is 15.3. The molecule has 10 nitrogen and oxygen atoms in total. The summed E-state index contributed by atoms with van der Waals surface area (Å²) in [7, 11) is 0. The van der Waals surface area contributed by atoms with E-state index in [9.17, 15) is 29.7 Å². The molecule has 0 aliphatic carbocycles. The first-order valence-corrected chi connectivity index (χ1v) is 8.64. The van der Waals surface area contributed by atoms with Gasteiger partial charge < -0.3 is 36.4 Å². The first kappa shape index (κ1) is 24.2. The Hall–Kier alpha value is -1.75. The zero-order chi connectivity index (χ0) is 20.1. The molecule has 7 N–H and O–H groups in total. The summed E-state index contributed by atoms with van der Waals surface area (Å²) in [4.78, 5) is 33.5. The van der Waals surface area contributed by atoms with Crippen LogP contribution in [0.3, 0.4) is 0 Å². The summed E-state index contributed by atoms with van der Waals surface area (Å²) in [5.74, 6) is -2.09. The molecule has 0 radical (unpaired) electrons. The number of amides is 2. The van der Waals surface area contributed by atoms with Gasteiger partial charge in [-0.1, -0.05) is 13.8 Å². The summed E-state index contributed by atoms with van der Waals surface area (Å²) in [5, 5.41) is 45.0. The Kier molecular flexibility index (Phi) is 12.5. The highest BCUT2D eigenvalue weighted by Gasteiger charge is 2.18. The van der Waals surface area contributed by atoms with Crippen molar-refractivity contribution in [1.82, 2.24) is 16.0 Å². The molecule has 0 aromatic rings. The fourth-order valence-corrected chi connectivity index (χ4v) is 2.04. The van der Waals surface area contributed by atoms with Crippen molar-refractivity contribution in [3.8, 4) is 0 Å². The monoisotopic (exact) mass is 377 g/mol. The zero-order valence-electron chi connectivity index (χ0n) is 15.3. The summed E-state index contributed by atoms with van der Waals surface area (Å²) in [5.41, 5.74) is 0. The maximum Gasteiger partial charge on any atom is 0.305 e. The predicted octanol–water partition coefficient (Wildman–Crippen LogP) is -2.20. The van der Waals surface area contributed by atoms with E-state index in [4.69, 9.17) is 5.11 Å². The van der Waals surface area contributed by atoms with Gasteiger partial charge in [0, 0.05) is 39.0 Å². The van der Waals surface area contributed by atoms with E-state index in [1.807, 2.05) is 0 Å². The topological polar surface area (TPSA) is 168 Å². The van der Waals surface area contributed by atoms with E-state index in [1.165, 1.54) is 0 Å². The van der Waals surface area contributed by atoms with Gasteiger partial charge in [-0.05, 0) is 5.92 Å². The Morgan fingerprint density at radius 2 is 1.58 bits per heavy atom. The first-order chi connectivity index (χ1) is 12.1. The van der Waals surface area contributed by atoms with E-state index >= 15 is 0 Å².